The van der Waals surface area contributed by atoms with Crippen molar-refractivity contribution in [1.29, 1.82) is 0 Å². The zero-order valence-corrected chi connectivity index (χ0v) is 10.6. The van der Waals surface area contributed by atoms with Crippen LogP contribution >= 0.6 is 22.9 Å². The van der Waals surface area contributed by atoms with Crippen LogP contribution in [0.2, 0.25) is 4.34 Å². The molecule has 0 fully saturated rings. The smallest absolute Gasteiger partial charge is 0.223 e. The van der Waals surface area contributed by atoms with E-state index in [2.05, 4.69) is 22.4 Å². The van der Waals surface area contributed by atoms with Crippen LogP contribution in [0.25, 0.3) is 0 Å². The Balaban J connectivity index is 1.91. The fraction of sp³-hybridized carbons (Fsp3) is 0.400. The Hall–Kier alpha value is -0.910. The van der Waals surface area contributed by atoms with Gasteiger partial charge in [0.25, 0.3) is 0 Å². The van der Waals surface area contributed by atoms with E-state index in [9.17, 15) is 0 Å². The van der Waals surface area contributed by atoms with Crippen LogP contribution in [0.15, 0.2) is 16.7 Å². The molecular formula is C10H12ClN3OS. The number of thiophene rings is 1. The van der Waals surface area contributed by atoms with E-state index in [1.807, 2.05) is 12.1 Å². The molecule has 16 heavy (non-hydrogen) atoms. The summed E-state index contributed by atoms with van der Waals surface area (Å²) < 4.78 is 5.69. The molecule has 6 heteroatoms. The average molecular weight is 258 g/mol. The lowest BCUT2D eigenvalue weighted by molar-refractivity contribution is 0.384. The highest BCUT2D eigenvalue weighted by Crippen LogP contribution is 2.26. The Morgan fingerprint density at radius 2 is 2.38 bits per heavy atom. The molecule has 0 spiro atoms. The van der Waals surface area contributed by atoms with Gasteiger partial charge in [0.05, 0.1) is 10.9 Å². The Morgan fingerprint density at radius 3 is 2.94 bits per heavy atom. The summed E-state index contributed by atoms with van der Waals surface area (Å²) in [7, 11) is 0. The molecule has 1 unspecified atom stereocenters. The first kappa shape index (κ1) is 11.6. The van der Waals surface area contributed by atoms with Crippen molar-refractivity contribution in [2.24, 2.45) is 0 Å². The molecule has 86 valence electrons. The third kappa shape index (κ3) is 2.81. The number of hydrogen-bond donors (Lipinski definition) is 1. The van der Waals surface area contributed by atoms with Crippen molar-refractivity contribution in [2.75, 3.05) is 0 Å². The van der Waals surface area contributed by atoms with E-state index in [-0.39, 0.29) is 6.04 Å². The third-order valence-electron chi connectivity index (χ3n) is 2.16. The van der Waals surface area contributed by atoms with Crippen LogP contribution in [0, 0.1) is 6.92 Å². The van der Waals surface area contributed by atoms with Gasteiger partial charge in [-0.2, -0.15) is 4.98 Å². The van der Waals surface area contributed by atoms with Gasteiger partial charge in [0.15, 0.2) is 5.82 Å². The van der Waals surface area contributed by atoms with Gasteiger partial charge < -0.3 is 9.84 Å². The zero-order chi connectivity index (χ0) is 11.5. The molecule has 0 radical (unpaired) electrons. The summed E-state index contributed by atoms with van der Waals surface area (Å²) in [5, 5.41) is 7.12. The predicted octanol–water partition coefficient (Wildman–Crippen LogP) is 2.94. The molecule has 0 aromatic carbocycles. The fourth-order valence-corrected chi connectivity index (χ4v) is 2.41. The van der Waals surface area contributed by atoms with Gasteiger partial charge in [-0.15, -0.1) is 11.3 Å². The SMILES string of the molecule is Cc1nc(CNC(C)c2ccc(Cl)s2)no1. The van der Waals surface area contributed by atoms with E-state index in [1.54, 1.807) is 18.3 Å². The second kappa shape index (κ2) is 4.95. The summed E-state index contributed by atoms with van der Waals surface area (Å²) in [4.78, 5) is 5.32. The number of aryl methyl sites for hydroxylation is 1. The summed E-state index contributed by atoms with van der Waals surface area (Å²) in [6, 6.07) is 4.15. The first-order chi connectivity index (χ1) is 7.65. The number of halogens is 1. The molecule has 0 amide bonds. The van der Waals surface area contributed by atoms with E-state index in [0.29, 0.717) is 18.3 Å². The second-order valence-electron chi connectivity index (χ2n) is 3.47. The lowest BCUT2D eigenvalue weighted by Gasteiger charge is -2.09. The largest absolute Gasteiger partial charge is 0.340 e. The molecule has 2 aromatic rings. The Bertz CT molecular complexity index is 468. The average Bonchev–Trinajstić information content (AvgIpc) is 2.84. The van der Waals surface area contributed by atoms with Gasteiger partial charge in [-0.3, -0.25) is 0 Å². The minimum atomic E-state index is 0.233. The van der Waals surface area contributed by atoms with Gasteiger partial charge >= 0.3 is 0 Å². The fourth-order valence-electron chi connectivity index (χ4n) is 1.32. The van der Waals surface area contributed by atoms with Crippen molar-refractivity contribution in [2.45, 2.75) is 26.4 Å². The third-order valence-corrected chi connectivity index (χ3v) is 3.57. The Kier molecular flexibility index (Phi) is 3.58. The van der Waals surface area contributed by atoms with Gasteiger partial charge in [-0.05, 0) is 19.1 Å². The molecule has 0 aliphatic rings. The maximum Gasteiger partial charge on any atom is 0.223 e. The van der Waals surface area contributed by atoms with Crippen molar-refractivity contribution in [3.05, 3.63) is 33.1 Å². The number of rotatable bonds is 4. The van der Waals surface area contributed by atoms with E-state index >= 15 is 0 Å². The Morgan fingerprint density at radius 1 is 1.56 bits per heavy atom. The molecule has 2 rings (SSSR count). The molecule has 0 aliphatic heterocycles. The molecule has 0 aliphatic carbocycles. The molecule has 2 heterocycles. The van der Waals surface area contributed by atoms with E-state index in [1.165, 1.54) is 4.88 Å². The monoisotopic (exact) mass is 257 g/mol. The van der Waals surface area contributed by atoms with Crippen LogP contribution in [-0.4, -0.2) is 10.1 Å². The van der Waals surface area contributed by atoms with Gasteiger partial charge in [-0.1, -0.05) is 16.8 Å². The van der Waals surface area contributed by atoms with Crippen LogP contribution in [0.4, 0.5) is 0 Å². The van der Waals surface area contributed by atoms with Crippen LogP contribution in [-0.2, 0) is 6.54 Å². The summed E-state index contributed by atoms with van der Waals surface area (Å²) in [6.07, 6.45) is 0. The number of aromatic nitrogens is 2. The van der Waals surface area contributed by atoms with E-state index < -0.39 is 0 Å². The highest BCUT2D eigenvalue weighted by atomic mass is 35.5. The van der Waals surface area contributed by atoms with Crippen LogP contribution < -0.4 is 5.32 Å². The summed E-state index contributed by atoms with van der Waals surface area (Å²) in [5.74, 6) is 1.26. The second-order valence-corrected chi connectivity index (χ2v) is 5.22. The Labute approximate surface area is 103 Å². The summed E-state index contributed by atoms with van der Waals surface area (Å²) in [5.41, 5.74) is 0. The normalized spacial score (nSPS) is 12.9. The molecule has 0 saturated carbocycles. The van der Waals surface area contributed by atoms with E-state index in [4.69, 9.17) is 16.1 Å². The first-order valence-electron chi connectivity index (χ1n) is 4.93. The van der Waals surface area contributed by atoms with Crippen molar-refractivity contribution in [3.63, 3.8) is 0 Å². The first-order valence-corrected chi connectivity index (χ1v) is 6.12. The van der Waals surface area contributed by atoms with Crippen molar-refractivity contribution < 1.29 is 4.52 Å². The number of nitrogens with zero attached hydrogens (tertiary/aromatic N) is 2. The van der Waals surface area contributed by atoms with Gasteiger partial charge in [-0.25, -0.2) is 0 Å². The molecule has 0 bridgehead atoms. The van der Waals surface area contributed by atoms with Crippen LogP contribution in [0.5, 0.6) is 0 Å². The molecule has 2 aromatic heterocycles. The highest BCUT2D eigenvalue weighted by molar-refractivity contribution is 7.16. The molecule has 0 saturated heterocycles. The maximum absolute atomic E-state index is 5.88. The minimum absolute atomic E-state index is 0.233. The van der Waals surface area contributed by atoms with E-state index in [0.717, 1.165) is 4.34 Å². The van der Waals surface area contributed by atoms with Crippen molar-refractivity contribution in [1.82, 2.24) is 15.5 Å². The van der Waals surface area contributed by atoms with Gasteiger partial charge in [0.2, 0.25) is 5.89 Å². The maximum atomic E-state index is 5.88. The molecular weight excluding hydrogens is 246 g/mol. The lowest BCUT2D eigenvalue weighted by Crippen LogP contribution is -2.17. The number of nitrogens with one attached hydrogen (secondary N) is 1. The predicted molar refractivity (Wildman–Crippen MR) is 63.6 cm³/mol. The van der Waals surface area contributed by atoms with Gasteiger partial charge in [0, 0.05) is 17.8 Å². The lowest BCUT2D eigenvalue weighted by atomic mass is 10.3. The number of hydrogen-bond acceptors (Lipinski definition) is 5. The van der Waals surface area contributed by atoms with Crippen LogP contribution in [0.3, 0.4) is 0 Å². The van der Waals surface area contributed by atoms with Crippen molar-refractivity contribution >= 4 is 22.9 Å². The molecule has 1 atom stereocenters. The molecule has 1 N–H and O–H groups in total. The molecule has 4 nitrogen and oxygen atoms in total. The quantitative estimate of drug-likeness (QED) is 0.915. The topological polar surface area (TPSA) is 51.0 Å². The zero-order valence-electron chi connectivity index (χ0n) is 9.03. The van der Waals surface area contributed by atoms with Crippen molar-refractivity contribution in [3.8, 4) is 0 Å². The summed E-state index contributed by atoms with van der Waals surface area (Å²) >= 11 is 7.45. The summed E-state index contributed by atoms with van der Waals surface area (Å²) in [6.45, 7) is 4.45. The minimum Gasteiger partial charge on any atom is -0.340 e. The standard InChI is InChI=1S/C10H12ClN3OS/c1-6(8-3-4-9(11)16-8)12-5-10-13-7(2)15-14-10/h3-4,6,12H,5H2,1-2H3. The highest BCUT2D eigenvalue weighted by Gasteiger charge is 2.09. The van der Waals surface area contributed by atoms with Gasteiger partial charge in [0.1, 0.15) is 0 Å². The van der Waals surface area contributed by atoms with Crippen LogP contribution in [0.1, 0.15) is 29.6 Å².